The van der Waals surface area contributed by atoms with Crippen LogP contribution in [0.5, 0.6) is 0 Å². The monoisotopic (exact) mass is 560 g/mol. The lowest BCUT2D eigenvalue weighted by molar-refractivity contribution is -0.123. The fourth-order valence-corrected chi connectivity index (χ4v) is 4.91. The van der Waals surface area contributed by atoms with Crippen LogP contribution in [-0.2, 0) is 27.8 Å². The third-order valence-electron chi connectivity index (χ3n) is 6.01. The maximum Gasteiger partial charge on any atom is 0.319 e. The average molecular weight is 561 g/mol. The molecule has 0 aliphatic carbocycles. The van der Waals surface area contributed by atoms with E-state index in [9.17, 15) is 22.4 Å². The average Bonchev–Trinajstić information content (AvgIpc) is 2.94. The van der Waals surface area contributed by atoms with Crippen LogP contribution in [0.25, 0.3) is 0 Å². The second kappa shape index (κ2) is 12.9. The predicted molar refractivity (Wildman–Crippen MR) is 153 cm³/mol. The summed E-state index contributed by atoms with van der Waals surface area (Å²) in [6.45, 7) is 2.05. The van der Waals surface area contributed by atoms with Crippen LogP contribution < -0.4 is 20.7 Å². The van der Waals surface area contributed by atoms with Gasteiger partial charge < -0.3 is 16.0 Å². The van der Waals surface area contributed by atoms with Crippen molar-refractivity contribution in [3.05, 3.63) is 126 Å². The Labute approximate surface area is 232 Å². The highest BCUT2D eigenvalue weighted by Gasteiger charge is 2.21. The molecule has 4 aromatic carbocycles. The first-order valence-electron chi connectivity index (χ1n) is 12.5. The number of urea groups is 1. The molecule has 0 radical (unpaired) electrons. The van der Waals surface area contributed by atoms with Crippen molar-refractivity contribution in [2.75, 3.05) is 10.0 Å². The molecule has 206 valence electrons. The summed E-state index contributed by atoms with van der Waals surface area (Å²) in [5.41, 5.74) is 3.25. The number of sulfonamides is 1. The lowest BCUT2D eigenvalue weighted by Crippen LogP contribution is -2.49. The number of anilines is 2. The summed E-state index contributed by atoms with van der Waals surface area (Å²) in [7, 11) is -3.76. The molecule has 0 fully saturated rings. The van der Waals surface area contributed by atoms with E-state index in [1.54, 1.807) is 36.4 Å². The van der Waals surface area contributed by atoms with E-state index in [0.29, 0.717) is 11.4 Å². The number of hydrogen-bond acceptors (Lipinski definition) is 4. The molecule has 4 rings (SSSR count). The van der Waals surface area contributed by atoms with E-state index in [1.165, 1.54) is 36.4 Å². The molecular weight excluding hydrogens is 531 g/mol. The predicted octanol–water partition coefficient (Wildman–Crippen LogP) is 4.98. The molecule has 3 amide bonds. The highest BCUT2D eigenvalue weighted by atomic mass is 32.2. The second-order valence-corrected chi connectivity index (χ2v) is 10.9. The number of benzene rings is 4. The minimum Gasteiger partial charge on any atom is -0.350 e. The van der Waals surface area contributed by atoms with E-state index in [0.717, 1.165) is 16.7 Å². The Hall–Kier alpha value is -4.70. The highest BCUT2D eigenvalue weighted by molar-refractivity contribution is 7.92. The van der Waals surface area contributed by atoms with Gasteiger partial charge in [-0.05, 0) is 66.6 Å². The largest absolute Gasteiger partial charge is 0.350 e. The van der Waals surface area contributed by atoms with Gasteiger partial charge in [0, 0.05) is 24.3 Å². The van der Waals surface area contributed by atoms with Gasteiger partial charge in [0.1, 0.15) is 11.9 Å². The van der Waals surface area contributed by atoms with Crippen molar-refractivity contribution in [2.24, 2.45) is 0 Å². The number of amides is 3. The number of rotatable bonds is 10. The van der Waals surface area contributed by atoms with Crippen LogP contribution in [0.3, 0.4) is 0 Å². The molecule has 1 atom stereocenters. The summed E-state index contributed by atoms with van der Waals surface area (Å²) in [5.74, 6) is -0.767. The van der Waals surface area contributed by atoms with Crippen molar-refractivity contribution in [1.29, 1.82) is 0 Å². The van der Waals surface area contributed by atoms with Gasteiger partial charge in [-0.25, -0.2) is 17.6 Å². The summed E-state index contributed by atoms with van der Waals surface area (Å²) in [4.78, 5) is 25.9. The molecule has 8 nitrogen and oxygen atoms in total. The van der Waals surface area contributed by atoms with E-state index in [4.69, 9.17) is 0 Å². The lowest BCUT2D eigenvalue weighted by Gasteiger charge is -2.19. The van der Waals surface area contributed by atoms with E-state index >= 15 is 0 Å². The van der Waals surface area contributed by atoms with Crippen molar-refractivity contribution < 1.29 is 22.4 Å². The van der Waals surface area contributed by atoms with Crippen LogP contribution in [0.15, 0.2) is 108 Å². The Morgan fingerprint density at radius 3 is 2.05 bits per heavy atom. The molecule has 0 aromatic heterocycles. The SMILES string of the molecule is Cc1ccc(S(=O)(=O)Nc2ccc(NC(=O)N[C@H](Cc3ccccc3)C(=O)NCc3ccc(F)cc3)cc2)cc1. The highest BCUT2D eigenvalue weighted by Crippen LogP contribution is 2.19. The van der Waals surface area contributed by atoms with Crippen LogP contribution in [0, 0.1) is 12.7 Å². The number of aryl methyl sites for hydroxylation is 1. The number of carbonyl (C=O) groups excluding carboxylic acids is 2. The van der Waals surface area contributed by atoms with Crippen LogP contribution in [0.2, 0.25) is 0 Å². The molecule has 10 heteroatoms. The van der Waals surface area contributed by atoms with Gasteiger partial charge in [-0.3, -0.25) is 9.52 Å². The molecule has 0 spiro atoms. The number of halogens is 1. The van der Waals surface area contributed by atoms with Crippen molar-refractivity contribution in [3.63, 3.8) is 0 Å². The third-order valence-corrected chi connectivity index (χ3v) is 7.41. The normalized spacial score (nSPS) is 11.8. The van der Waals surface area contributed by atoms with Gasteiger partial charge in [-0.1, -0.05) is 60.2 Å². The first kappa shape index (κ1) is 28.3. The van der Waals surface area contributed by atoms with Gasteiger partial charge in [-0.15, -0.1) is 0 Å². The summed E-state index contributed by atoms with van der Waals surface area (Å²) in [5, 5.41) is 8.16. The van der Waals surface area contributed by atoms with E-state index < -0.39 is 28.0 Å². The maximum atomic E-state index is 13.2. The van der Waals surface area contributed by atoms with Crippen molar-refractivity contribution in [3.8, 4) is 0 Å². The van der Waals surface area contributed by atoms with Crippen molar-refractivity contribution in [2.45, 2.75) is 30.8 Å². The zero-order valence-electron chi connectivity index (χ0n) is 21.7. The van der Waals surface area contributed by atoms with Crippen molar-refractivity contribution in [1.82, 2.24) is 10.6 Å². The summed E-state index contributed by atoms with van der Waals surface area (Å²) >= 11 is 0. The Morgan fingerprint density at radius 1 is 0.775 bits per heavy atom. The first-order chi connectivity index (χ1) is 19.2. The smallest absolute Gasteiger partial charge is 0.319 e. The van der Waals surface area contributed by atoms with Gasteiger partial charge >= 0.3 is 6.03 Å². The number of carbonyl (C=O) groups is 2. The van der Waals surface area contributed by atoms with E-state index in [1.807, 2.05) is 37.3 Å². The van der Waals surface area contributed by atoms with E-state index in [2.05, 4.69) is 20.7 Å². The van der Waals surface area contributed by atoms with Gasteiger partial charge in [0.25, 0.3) is 10.0 Å². The number of nitrogens with one attached hydrogen (secondary N) is 4. The molecule has 0 saturated carbocycles. The molecule has 0 aliphatic rings. The first-order valence-corrected chi connectivity index (χ1v) is 14.0. The minimum atomic E-state index is -3.76. The van der Waals surface area contributed by atoms with Crippen LogP contribution in [0.4, 0.5) is 20.6 Å². The fourth-order valence-electron chi connectivity index (χ4n) is 3.85. The Morgan fingerprint density at radius 2 is 1.40 bits per heavy atom. The second-order valence-electron chi connectivity index (χ2n) is 9.18. The topological polar surface area (TPSA) is 116 Å². The molecule has 4 aromatic rings. The standard InChI is InChI=1S/C30H29FN4O4S/c1-21-7-17-27(18-8-21)40(38,39)35-26-15-13-25(14-16-26)33-30(37)34-28(19-22-5-3-2-4-6-22)29(36)32-20-23-9-11-24(31)12-10-23/h2-18,28,35H,19-20H2,1H3,(H,32,36)(H2,33,34,37)/t28-/m1/s1. The molecule has 4 N–H and O–H groups in total. The lowest BCUT2D eigenvalue weighted by atomic mass is 10.1. The van der Waals surface area contributed by atoms with Crippen LogP contribution in [0.1, 0.15) is 16.7 Å². The Balaban J connectivity index is 1.38. The van der Waals surface area contributed by atoms with Gasteiger partial charge in [0.2, 0.25) is 5.91 Å². The molecule has 40 heavy (non-hydrogen) atoms. The van der Waals surface area contributed by atoms with Crippen LogP contribution >= 0.6 is 0 Å². The molecular formula is C30H29FN4O4S. The quantitative estimate of drug-likeness (QED) is 0.219. The summed E-state index contributed by atoms with van der Waals surface area (Å²) < 4.78 is 40.9. The van der Waals surface area contributed by atoms with E-state index in [-0.39, 0.29) is 23.7 Å². The summed E-state index contributed by atoms with van der Waals surface area (Å²) in [6.07, 6.45) is 0.253. The third kappa shape index (κ3) is 8.15. The molecule has 0 heterocycles. The zero-order chi connectivity index (χ0) is 28.5. The molecule has 0 saturated heterocycles. The molecule has 0 unspecified atom stereocenters. The fraction of sp³-hybridized carbons (Fsp3) is 0.133. The zero-order valence-corrected chi connectivity index (χ0v) is 22.5. The minimum absolute atomic E-state index is 0.141. The van der Waals surface area contributed by atoms with Crippen LogP contribution in [-0.4, -0.2) is 26.4 Å². The van der Waals surface area contributed by atoms with Crippen molar-refractivity contribution >= 4 is 33.3 Å². The molecule has 0 bridgehead atoms. The van der Waals surface area contributed by atoms with Gasteiger partial charge in [0.05, 0.1) is 4.90 Å². The molecule has 0 aliphatic heterocycles. The summed E-state index contributed by atoms with van der Waals surface area (Å²) in [6, 6.07) is 26.2. The Kier molecular flexibility index (Phi) is 9.13. The maximum absolute atomic E-state index is 13.2. The Bertz CT molecular complexity index is 1540. The van der Waals surface area contributed by atoms with Gasteiger partial charge in [0.15, 0.2) is 0 Å². The number of hydrogen-bond donors (Lipinski definition) is 4. The van der Waals surface area contributed by atoms with Gasteiger partial charge in [-0.2, -0.15) is 0 Å².